The fraction of sp³-hybridized carbons (Fsp3) is 0.409. The number of pyridine rings is 1. The maximum atomic E-state index is 6.33. The summed E-state index contributed by atoms with van der Waals surface area (Å²) in [6.45, 7) is 2.34. The Morgan fingerprint density at radius 2 is 1.82 bits per heavy atom. The fourth-order valence-corrected chi connectivity index (χ4v) is 4.14. The van der Waals surface area contributed by atoms with E-state index in [1.807, 2.05) is 22.9 Å². The maximum absolute atomic E-state index is 6.33. The number of nitrogens with one attached hydrogen (secondary N) is 1. The van der Waals surface area contributed by atoms with Crippen LogP contribution in [-0.2, 0) is 0 Å². The number of halogens is 1. The van der Waals surface area contributed by atoms with Crippen molar-refractivity contribution < 1.29 is 9.47 Å². The summed E-state index contributed by atoms with van der Waals surface area (Å²) >= 11 is 6.33. The van der Waals surface area contributed by atoms with Gasteiger partial charge >= 0.3 is 0 Å². The standard InChI is InChI=1S/C22H26ClN3O2/c1-14-4-6-15(7-5-14)24-16-8-9-26-13-19(25-22(26)10-16)17-11-18(23)21(28-3)12-20(17)27-2/h8-15,24H,4-7H2,1-3H3. The summed E-state index contributed by atoms with van der Waals surface area (Å²) in [6, 6.07) is 8.38. The van der Waals surface area contributed by atoms with E-state index in [9.17, 15) is 0 Å². The van der Waals surface area contributed by atoms with Gasteiger partial charge in [-0.2, -0.15) is 0 Å². The van der Waals surface area contributed by atoms with E-state index in [0.29, 0.717) is 22.6 Å². The number of hydrogen-bond acceptors (Lipinski definition) is 4. The topological polar surface area (TPSA) is 47.8 Å². The zero-order chi connectivity index (χ0) is 19.7. The number of rotatable bonds is 5. The van der Waals surface area contributed by atoms with Crippen molar-refractivity contribution in [1.82, 2.24) is 9.38 Å². The van der Waals surface area contributed by atoms with E-state index in [-0.39, 0.29) is 0 Å². The Kier molecular flexibility index (Phi) is 5.36. The van der Waals surface area contributed by atoms with Crippen LogP contribution < -0.4 is 14.8 Å². The zero-order valence-corrected chi connectivity index (χ0v) is 17.3. The van der Waals surface area contributed by atoms with Crippen molar-refractivity contribution in [3.8, 4) is 22.8 Å². The first-order valence-electron chi connectivity index (χ1n) is 9.74. The van der Waals surface area contributed by atoms with Gasteiger partial charge in [-0.3, -0.25) is 0 Å². The van der Waals surface area contributed by atoms with Crippen molar-refractivity contribution >= 4 is 22.9 Å². The summed E-state index contributed by atoms with van der Waals surface area (Å²) in [5.74, 6) is 2.11. The Hall–Kier alpha value is -2.40. The van der Waals surface area contributed by atoms with E-state index >= 15 is 0 Å². The monoisotopic (exact) mass is 399 g/mol. The van der Waals surface area contributed by atoms with E-state index in [1.165, 1.54) is 25.7 Å². The van der Waals surface area contributed by atoms with Gasteiger partial charge in [-0.15, -0.1) is 0 Å². The molecule has 2 aromatic heterocycles. The molecule has 0 aliphatic heterocycles. The number of fused-ring (bicyclic) bond motifs is 1. The molecular formula is C22H26ClN3O2. The largest absolute Gasteiger partial charge is 0.496 e. The molecule has 0 atom stereocenters. The molecule has 6 heteroatoms. The van der Waals surface area contributed by atoms with Crippen molar-refractivity contribution in [3.63, 3.8) is 0 Å². The molecule has 1 aliphatic rings. The van der Waals surface area contributed by atoms with Crippen LogP contribution in [0, 0.1) is 5.92 Å². The van der Waals surface area contributed by atoms with Crippen molar-refractivity contribution in [2.45, 2.75) is 38.6 Å². The highest BCUT2D eigenvalue weighted by atomic mass is 35.5. The third kappa shape index (κ3) is 3.76. The normalized spacial score (nSPS) is 19.6. The lowest BCUT2D eigenvalue weighted by Crippen LogP contribution is -2.25. The Morgan fingerprint density at radius 1 is 1.07 bits per heavy atom. The van der Waals surface area contributed by atoms with E-state index in [1.54, 1.807) is 20.3 Å². The molecule has 0 unspecified atom stereocenters. The molecule has 1 aromatic carbocycles. The van der Waals surface area contributed by atoms with Crippen molar-refractivity contribution in [2.75, 3.05) is 19.5 Å². The lowest BCUT2D eigenvalue weighted by Gasteiger charge is -2.27. The van der Waals surface area contributed by atoms with Crippen LogP contribution >= 0.6 is 11.6 Å². The van der Waals surface area contributed by atoms with Crippen molar-refractivity contribution in [3.05, 3.63) is 41.7 Å². The molecule has 1 aliphatic carbocycles. The molecule has 28 heavy (non-hydrogen) atoms. The third-order valence-corrected chi connectivity index (χ3v) is 5.89. The van der Waals surface area contributed by atoms with Gasteiger partial charge in [0.25, 0.3) is 0 Å². The highest BCUT2D eigenvalue weighted by Crippen LogP contribution is 2.38. The molecule has 1 saturated carbocycles. The Labute approximate surface area is 170 Å². The number of anilines is 1. The molecule has 1 fully saturated rings. The molecule has 3 aromatic rings. The second-order valence-electron chi connectivity index (χ2n) is 7.60. The Morgan fingerprint density at radius 3 is 2.54 bits per heavy atom. The molecule has 4 rings (SSSR count). The molecule has 0 radical (unpaired) electrons. The predicted octanol–water partition coefficient (Wildman–Crippen LogP) is 5.66. The SMILES string of the molecule is COc1cc(OC)c(-c2cn3ccc(NC4CCC(C)CC4)cc3n2)cc1Cl. The van der Waals surface area contributed by atoms with Crippen molar-refractivity contribution in [1.29, 1.82) is 0 Å². The maximum Gasteiger partial charge on any atom is 0.141 e. The van der Waals surface area contributed by atoms with Crippen LogP contribution in [0.4, 0.5) is 5.69 Å². The number of aromatic nitrogens is 2. The van der Waals surface area contributed by atoms with Crippen LogP contribution in [-0.4, -0.2) is 29.6 Å². The quantitative estimate of drug-likeness (QED) is 0.601. The molecule has 0 spiro atoms. The molecule has 5 nitrogen and oxygen atoms in total. The summed E-state index contributed by atoms with van der Waals surface area (Å²) in [4.78, 5) is 4.80. The number of nitrogens with zero attached hydrogens (tertiary/aromatic N) is 2. The van der Waals surface area contributed by atoms with E-state index in [0.717, 1.165) is 28.5 Å². The molecule has 2 heterocycles. The average molecular weight is 400 g/mol. The van der Waals surface area contributed by atoms with Crippen molar-refractivity contribution in [2.24, 2.45) is 5.92 Å². The summed E-state index contributed by atoms with van der Waals surface area (Å²) < 4.78 is 12.8. The van der Waals surface area contributed by atoms with Gasteiger partial charge in [0.2, 0.25) is 0 Å². The lowest BCUT2D eigenvalue weighted by atomic mass is 9.87. The summed E-state index contributed by atoms with van der Waals surface area (Å²) in [5, 5.41) is 4.21. The van der Waals surface area contributed by atoms with Crippen LogP contribution in [0.25, 0.3) is 16.9 Å². The van der Waals surface area contributed by atoms with Gasteiger partial charge in [0, 0.05) is 41.8 Å². The van der Waals surface area contributed by atoms with Gasteiger partial charge in [0.1, 0.15) is 17.1 Å². The van der Waals surface area contributed by atoms with E-state index < -0.39 is 0 Å². The summed E-state index contributed by atoms with van der Waals surface area (Å²) in [7, 11) is 3.22. The number of hydrogen-bond donors (Lipinski definition) is 1. The number of imidazole rings is 1. The van der Waals surface area contributed by atoms with Crippen LogP contribution in [0.2, 0.25) is 5.02 Å². The molecule has 1 N–H and O–H groups in total. The third-order valence-electron chi connectivity index (χ3n) is 5.60. The first-order valence-corrected chi connectivity index (χ1v) is 10.1. The molecule has 0 bridgehead atoms. The molecular weight excluding hydrogens is 374 g/mol. The minimum Gasteiger partial charge on any atom is -0.496 e. The highest BCUT2D eigenvalue weighted by molar-refractivity contribution is 6.32. The first kappa shape index (κ1) is 18.9. The van der Waals surface area contributed by atoms with Gasteiger partial charge < -0.3 is 19.2 Å². The smallest absolute Gasteiger partial charge is 0.141 e. The van der Waals surface area contributed by atoms with Gasteiger partial charge in [-0.05, 0) is 43.7 Å². The Bertz CT molecular complexity index is 977. The van der Waals surface area contributed by atoms with Gasteiger partial charge in [0.05, 0.1) is 24.9 Å². The zero-order valence-electron chi connectivity index (χ0n) is 16.5. The van der Waals surface area contributed by atoms with Crippen LogP contribution in [0.5, 0.6) is 11.5 Å². The van der Waals surface area contributed by atoms with Crippen LogP contribution in [0.15, 0.2) is 36.7 Å². The van der Waals surface area contributed by atoms with E-state index in [2.05, 4.69) is 24.4 Å². The number of ether oxygens (including phenoxy) is 2. The van der Waals surface area contributed by atoms with Crippen LogP contribution in [0.1, 0.15) is 32.6 Å². The number of benzene rings is 1. The Balaban J connectivity index is 1.62. The average Bonchev–Trinajstić information content (AvgIpc) is 3.12. The molecule has 0 saturated heterocycles. The van der Waals surface area contributed by atoms with Gasteiger partial charge in [-0.1, -0.05) is 18.5 Å². The molecule has 0 amide bonds. The second-order valence-corrected chi connectivity index (χ2v) is 8.00. The summed E-state index contributed by atoms with van der Waals surface area (Å²) in [5.41, 5.74) is 3.65. The minimum atomic E-state index is 0.532. The number of methoxy groups -OCH3 is 2. The minimum absolute atomic E-state index is 0.532. The molecule has 148 valence electrons. The van der Waals surface area contributed by atoms with Gasteiger partial charge in [-0.25, -0.2) is 4.98 Å². The fourth-order valence-electron chi connectivity index (χ4n) is 3.90. The van der Waals surface area contributed by atoms with Gasteiger partial charge in [0.15, 0.2) is 0 Å². The summed E-state index contributed by atoms with van der Waals surface area (Å²) in [6.07, 6.45) is 9.08. The lowest BCUT2D eigenvalue weighted by molar-refractivity contribution is 0.361. The van der Waals surface area contributed by atoms with Crippen LogP contribution in [0.3, 0.4) is 0 Å². The first-order chi connectivity index (χ1) is 13.6. The predicted molar refractivity (Wildman–Crippen MR) is 114 cm³/mol. The van der Waals surface area contributed by atoms with E-state index in [4.69, 9.17) is 26.1 Å². The highest BCUT2D eigenvalue weighted by Gasteiger charge is 2.18. The second kappa shape index (κ2) is 7.92.